The number of halogens is 1. The number of aryl methyl sites for hydroxylation is 1. The lowest BCUT2D eigenvalue weighted by molar-refractivity contribution is 0.193. The van der Waals surface area contributed by atoms with Crippen LogP contribution in [0.1, 0.15) is 38.2 Å². The Morgan fingerprint density at radius 1 is 1.03 bits per heavy atom. The summed E-state index contributed by atoms with van der Waals surface area (Å²) in [5.74, 6) is 0.522. The fraction of sp³-hybridized carbons (Fsp3) is 0.222. The van der Waals surface area contributed by atoms with Gasteiger partial charge in [-0.15, -0.1) is 0 Å². The third kappa shape index (κ3) is 4.48. The van der Waals surface area contributed by atoms with E-state index in [1.165, 1.54) is 0 Å². The summed E-state index contributed by atoms with van der Waals surface area (Å²) in [5, 5.41) is 3.52. The number of carbonyl (C=O) groups is 1. The Kier molecular flexibility index (Phi) is 7.12. The van der Waals surface area contributed by atoms with Crippen LogP contribution in [0.5, 0.6) is 0 Å². The van der Waals surface area contributed by atoms with Gasteiger partial charge >= 0.3 is 6.03 Å². The van der Waals surface area contributed by atoms with Crippen LogP contribution in [0.15, 0.2) is 82.1 Å². The predicted octanol–water partition coefficient (Wildman–Crippen LogP) is 6.33. The third-order valence-corrected chi connectivity index (χ3v) is 6.66. The quantitative estimate of drug-likeness (QED) is 0.324. The highest BCUT2D eigenvalue weighted by Crippen LogP contribution is 2.27. The first kappa shape index (κ1) is 23.7. The van der Waals surface area contributed by atoms with Crippen molar-refractivity contribution in [2.45, 2.75) is 33.2 Å². The third-order valence-electron chi connectivity index (χ3n) is 5.97. The summed E-state index contributed by atoms with van der Waals surface area (Å²) in [6, 6.07) is 21.9. The molecule has 3 aromatic carbocycles. The van der Waals surface area contributed by atoms with Gasteiger partial charge in [-0.05, 0) is 72.1 Å². The van der Waals surface area contributed by atoms with E-state index in [0.717, 1.165) is 22.1 Å². The number of para-hydroxylation sites is 3. The van der Waals surface area contributed by atoms with Crippen molar-refractivity contribution in [3.05, 3.63) is 99.0 Å². The Labute approximate surface area is 207 Å². The predicted molar refractivity (Wildman–Crippen MR) is 141 cm³/mol. The van der Waals surface area contributed by atoms with Crippen LogP contribution in [0.4, 0.5) is 10.5 Å². The highest BCUT2D eigenvalue weighted by atomic mass is 79.9. The number of anilines is 1. The second-order valence-electron chi connectivity index (χ2n) is 7.98. The van der Waals surface area contributed by atoms with Crippen LogP contribution in [0, 0.1) is 0 Å². The van der Waals surface area contributed by atoms with Gasteiger partial charge in [0.25, 0.3) is 5.56 Å². The second-order valence-corrected chi connectivity index (χ2v) is 8.84. The molecule has 1 heterocycles. The molecule has 0 spiro atoms. The Hall–Kier alpha value is -3.45. The smallest absolute Gasteiger partial charge is 0.315 e. The van der Waals surface area contributed by atoms with Gasteiger partial charge in [-0.1, -0.05) is 49.4 Å². The summed E-state index contributed by atoms with van der Waals surface area (Å²) >= 11 is 3.48. The maximum atomic E-state index is 13.7. The molecule has 4 rings (SSSR count). The fourth-order valence-electron chi connectivity index (χ4n) is 4.17. The molecular weight excluding hydrogens is 492 g/mol. The van der Waals surface area contributed by atoms with Gasteiger partial charge in [-0.25, -0.2) is 9.78 Å². The largest absolute Gasteiger partial charge is 0.322 e. The van der Waals surface area contributed by atoms with Gasteiger partial charge in [0.05, 0.1) is 28.3 Å². The summed E-state index contributed by atoms with van der Waals surface area (Å²) < 4.78 is 2.46. The molecule has 174 valence electrons. The molecule has 0 saturated carbocycles. The standard InChI is InChI=1S/C27H27BrN4O2/c1-4-19-12-6-11-17-24(19)32-25(29-22-15-9-7-13-20(22)26(32)33)18(3)31(5-2)27(34)30-23-16-10-8-14-21(23)28/h6-18H,4-5H2,1-3H3,(H,30,34). The van der Waals surface area contributed by atoms with Crippen molar-refractivity contribution in [1.29, 1.82) is 0 Å². The van der Waals surface area contributed by atoms with Crippen LogP contribution in [0.2, 0.25) is 0 Å². The molecule has 0 aliphatic heterocycles. The van der Waals surface area contributed by atoms with E-state index in [1.54, 1.807) is 15.5 Å². The van der Waals surface area contributed by atoms with E-state index in [-0.39, 0.29) is 11.6 Å². The summed E-state index contributed by atoms with van der Waals surface area (Å²) in [7, 11) is 0. The van der Waals surface area contributed by atoms with Crippen LogP contribution in [-0.2, 0) is 6.42 Å². The summed E-state index contributed by atoms with van der Waals surface area (Å²) in [4.78, 5) is 33.6. The van der Waals surface area contributed by atoms with E-state index < -0.39 is 6.04 Å². The zero-order valence-electron chi connectivity index (χ0n) is 19.5. The number of rotatable bonds is 6. The number of nitrogens with one attached hydrogen (secondary N) is 1. The molecule has 6 nitrogen and oxygen atoms in total. The van der Waals surface area contributed by atoms with Gasteiger partial charge < -0.3 is 10.2 Å². The first-order chi connectivity index (χ1) is 16.5. The monoisotopic (exact) mass is 518 g/mol. The topological polar surface area (TPSA) is 67.2 Å². The maximum absolute atomic E-state index is 13.7. The molecule has 1 N–H and O–H groups in total. The van der Waals surface area contributed by atoms with Crippen molar-refractivity contribution in [1.82, 2.24) is 14.5 Å². The number of fused-ring (bicyclic) bond motifs is 1. The molecule has 1 atom stereocenters. The van der Waals surface area contributed by atoms with Crippen molar-refractivity contribution in [2.24, 2.45) is 0 Å². The Morgan fingerprint density at radius 3 is 2.44 bits per heavy atom. The van der Waals surface area contributed by atoms with Crippen molar-refractivity contribution >= 4 is 38.6 Å². The lowest BCUT2D eigenvalue weighted by atomic mass is 10.1. The Morgan fingerprint density at radius 2 is 1.71 bits per heavy atom. The average molecular weight is 519 g/mol. The highest BCUT2D eigenvalue weighted by molar-refractivity contribution is 9.10. The summed E-state index contributed by atoms with van der Waals surface area (Å²) in [6.45, 7) is 6.32. The van der Waals surface area contributed by atoms with Crippen molar-refractivity contribution in [3.63, 3.8) is 0 Å². The van der Waals surface area contributed by atoms with Gasteiger partial charge in [0, 0.05) is 11.0 Å². The van der Waals surface area contributed by atoms with Crippen LogP contribution in [-0.4, -0.2) is 27.0 Å². The molecule has 0 radical (unpaired) electrons. The molecule has 2 amide bonds. The van der Waals surface area contributed by atoms with E-state index in [9.17, 15) is 9.59 Å². The van der Waals surface area contributed by atoms with Gasteiger partial charge in [0.15, 0.2) is 0 Å². The van der Waals surface area contributed by atoms with Gasteiger partial charge in [0.2, 0.25) is 0 Å². The molecule has 0 bridgehead atoms. The number of aromatic nitrogens is 2. The number of carbonyl (C=O) groups excluding carboxylic acids is 1. The minimum absolute atomic E-state index is 0.143. The molecule has 1 unspecified atom stereocenters. The molecule has 0 fully saturated rings. The van der Waals surface area contributed by atoms with Crippen LogP contribution in [0.25, 0.3) is 16.6 Å². The molecule has 7 heteroatoms. The fourth-order valence-corrected chi connectivity index (χ4v) is 4.56. The van der Waals surface area contributed by atoms with E-state index >= 15 is 0 Å². The number of amides is 2. The Bertz CT molecular complexity index is 1400. The van der Waals surface area contributed by atoms with E-state index in [0.29, 0.717) is 29.0 Å². The minimum atomic E-state index is -0.463. The van der Waals surface area contributed by atoms with Crippen LogP contribution < -0.4 is 10.9 Å². The highest BCUT2D eigenvalue weighted by Gasteiger charge is 2.26. The molecule has 1 aromatic heterocycles. The number of benzene rings is 3. The number of nitrogens with zero attached hydrogens (tertiary/aromatic N) is 3. The lowest BCUT2D eigenvalue weighted by Gasteiger charge is -2.30. The lowest BCUT2D eigenvalue weighted by Crippen LogP contribution is -2.40. The SMILES string of the molecule is CCc1ccccc1-n1c(C(C)N(CC)C(=O)Nc2ccccc2Br)nc2ccccc2c1=O. The van der Waals surface area contributed by atoms with E-state index in [2.05, 4.69) is 28.2 Å². The minimum Gasteiger partial charge on any atom is -0.315 e. The van der Waals surface area contributed by atoms with Gasteiger partial charge in [-0.2, -0.15) is 0 Å². The zero-order valence-corrected chi connectivity index (χ0v) is 21.0. The van der Waals surface area contributed by atoms with Gasteiger partial charge in [-0.3, -0.25) is 9.36 Å². The van der Waals surface area contributed by atoms with Gasteiger partial charge in [0.1, 0.15) is 5.82 Å². The number of hydrogen-bond acceptors (Lipinski definition) is 3. The van der Waals surface area contributed by atoms with Crippen LogP contribution in [0.3, 0.4) is 0 Å². The molecule has 0 aliphatic carbocycles. The maximum Gasteiger partial charge on any atom is 0.322 e. The number of hydrogen-bond donors (Lipinski definition) is 1. The van der Waals surface area contributed by atoms with Crippen molar-refractivity contribution in [2.75, 3.05) is 11.9 Å². The second kappa shape index (κ2) is 10.2. The Balaban J connectivity index is 1.86. The van der Waals surface area contributed by atoms with Crippen LogP contribution >= 0.6 is 15.9 Å². The summed E-state index contributed by atoms with van der Waals surface area (Å²) in [5.41, 5.74) is 2.98. The number of urea groups is 1. The molecule has 0 saturated heterocycles. The molecule has 0 aliphatic rings. The first-order valence-corrected chi connectivity index (χ1v) is 12.2. The van der Waals surface area contributed by atoms with E-state index in [1.807, 2.05) is 80.6 Å². The molecule has 34 heavy (non-hydrogen) atoms. The zero-order chi connectivity index (χ0) is 24.2. The molecular formula is C27H27BrN4O2. The van der Waals surface area contributed by atoms with Crippen molar-refractivity contribution < 1.29 is 4.79 Å². The molecule has 4 aromatic rings. The average Bonchev–Trinajstić information content (AvgIpc) is 2.86. The first-order valence-electron chi connectivity index (χ1n) is 11.4. The van der Waals surface area contributed by atoms with Crippen molar-refractivity contribution in [3.8, 4) is 5.69 Å². The normalized spacial score (nSPS) is 11.9. The van der Waals surface area contributed by atoms with E-state index in [4.69, 9.17) is 4.98 Å². The summed E-state index contributed by atoms with van der Waals surface area (Å²) in [6.07, 6.45) is 0.767.